The molecule has 0 radical (unpaired) electrons. The second-order valence-electron chi connectivity index (χ2n) is 6.64. The van der Waals surface area contributed by atoms with Crippen molar-refractivity contribution in [1.82, 2.24) is 9.80 Å². The number of aromatic hydroxyl groups is 1. The van der Waals surface area contributed by atoms with Crippen LogP contribution in [0.4, 0.5) is 4.79 Å². The lowest BCUT2D eigenvalue weighted by Crippen LogP contribution is -2.61. The molecule has 1 fully saturated rings. The highest BCUT2D eigenvalue weighted by Crippen LogP contribution is 2.38. The number of amides is 3. The van der Waals surface area contributed by atoms with Gasteiger partial charge in [-0.25, -0.2) is 9.69 Å². The molecule has 1 N–H and O–H groups in total. The third-order valence-corrected chi connectivity index (χ3v) is 5.36. The first kappa shape index (κ1) is 21.0. The van der Waals surface area contributed by atoms with Crippen molar-refractivity contribution in [3.63, 3.8) is 0 Å². The predicted octanol–water partition coefficient (Wildman–Crippen LogP) is 2.23. The zero-order valence-corrected chi connectivity index (χ0v) is 17.5. The average molecular weight is 443 g/mol. The molecule has 3 amide bonds. The van der Waals surface area contributed by atoms with Gasteiger partial charge in [-0.05, 0) is 32.4 Å². The van der Waals surface area contributed by atoms with Crippen LogP contribution in [0.2, 0.25) is 0 Å². The molecular weight excluding hydrogens is 420 g/mol. The van der Waals surface area contributed by atoms with Crippen molar-refractivity contribution >= 4 is 33.8 Å². The standard InChI is InChI=1S/C18H23BrN2O6/c1-9(2)27-18(25)21-12(17(24)20(4)8-14(21)23)6-11-7-13(22)16(26-5)10(3)15(11)19/h7,9,12,22H,6,8H2,1-5H3. The van der Waals surface area contributed by atoms with E-state index in [1.807, 2.05) is 0 Å². The van der Waals surface area contributed by atoms with Crippen LogP contribution in [-0.4, -0.2) is 65.7 Å². The van der Waals surface area contributed by atoms with Crippen LogP contribution >= 0.6 is 15.9 Å². The Morgan fingerprint density at radius 3 is 2.59 bits per heavy atom. The third kappa shape index (κ3) is 4.18. The van der Waals surface area contributed by atoms with E-state index in [4.69, 9.17) is 9.47 Å². The van der Waals surface area contributed by atoms with Gasteiger partial charge in [0.05, 0.1) is 13.2 Å². The molecule has 0 saturated carbocycles. The SMILES string of the molecule is COc1c(O)cc(CC2C(=O)N(C)CC(=O)N2C(=O)OC(C)C)c(Br)c1C. The fourth-order valence-corrected chi connectivity index (χ4v) is 3.46. The topological polar surface area (TPSA) is 96.4 Å². The van der Waals surface area contributed by atoms with E-state index in [1.165, 1.54) is 25.1 Å². The molecule has 0 aliphatic carbocycles. The average Bonchev–Trinajstić information content (AvgIpc) is 2.56. The Morgan fingerprint density at radius 1 is 1.41 bits per heavy atom. The number of methoxy groups -OCH3 is 1. The summed E-state index contributed by atoms with van der Waals surface area (Å²) in [6.45, 7) is 4.88. The van der Waals surface area contributed by atoms with Crippen molar-refractivity contribution in [3.05, 3.63) is 21.7 Å². The van der Waals surface area contributed by atoms with Crippen LogP contribution in [0.25, 0.3) is 0 Å². The zero-order chi connectivity index (χ0) is 20.5. The lowest BCUT2D eigenvalue weighted by Gasteiger charge is -2.37. The first-order valence-corrected chi connectivity index (χ1v) is 9.20. The molecule has 1 aliphatic heterocycles. The molecule has 0 spiro atoms. The number of carbonyl (C=O) groups is 3. The highest BCUT2D eigenvalue weighted by Gasteiger charge is 2.43. The first-order chi connectivity index (χ1) is 12.6. The summed E-state index contributed by atoms with van der Waals surface area (Å²) in [5, 5.41) is 10.2. The Hall–Kier alpha value is -2.29. The number of halogens is 1. The van der Waals surface area contributed by atoms with Gasteiger partial charge in [0, 0.05) is 23.5 Å². The number of piperazine rings is 1. The van der Waals surface area contributed by atoms with Gasteiger partial charge < -0.3 is 19.5 Å². The van der Waals surface area contributed by atoms with Gasteiger partial charge in [-0.15, -0.1) is 0 Å². The quantitative estimate of drug-likeness (QED) is 0.767. The molecule has 1 saturated heterocycles. The zero-order valence-electron chi connectivity index (χ0n) is 15.9. The van der Waals surface area contributed by atoms with Gasteiger partial charge in [0.15, 0.2) is 11.5 Å². The molecule has 1 unspecified atom stereocenters. The molecule has 148 valence electrons. The van der Waals surface area contributed by atoms with Crippen molar-refractivity contribution in [2.24, 2.45) is 0 Å². The number of carbonyl (C=O) groups excluding carboxylic acids is 3. The smallest absolute Gasteiger partial charge is 0.417 e. The van der Waals surface area contributed by atoms with E-state index in [1.54, 1.807) is 20.8 Å². The second kappa shape index (κ2) is 8.16. The summed E-state index contributed by atoms with van der Waals surface area (Å²) in [5.41, 5.74) is 1.21. The van der Waals surface area contributed by atoms with Gasteiger partial charge in [-0.3, -0.25) is 9.59 Å². The van der Waals surface area contributed by atoms with Crippen molar-refractivity contribution in [1.29, 1.82) is 0 Å². The number of rotatable bonds is 4. The van der Waals surface area contributed by atoms with E-state index in [0.717, 1.165) is 4.90 Å². The van der Waals surface area contributed by atoms with Crippen molar-refractivity contribution in [2.45, 2.75) is 39.3 Å². The lowest BCUT2D eigenvalue weighted by molar-refractivity contribution is -0.152. The normalized spacial score (nSPS) is 17.5. The number of phenolic OH excluding ortho intramolecular Hbond substituents is 1. The monoisotopic (exact) mass is 442 g/mol. The molecule has 1 atom stereocenters. The number of hydrogen-bond donors (Lipinski definition) is 1. The van der Waals surface area contributed by atoms with Gasteiger partial charge in [-0.2, -0.15) is 0 Å². The summed E-state index contributed by atoms with van der Waals surface area (Å²) >= 11 is 3.44. The molecule has 0 aromatic heterocycles. The summed E-state index contributed by atoms with van der Waals surface area (Å²) < 4.78 is 10.9. The van der Waals surface area contributed by atoms with Crippen LogP contribution in [0.1, 0.15) is 25.0 Å². The third-order valence-electron chi connectivity index (χ3n) is 4.26. The van der Waals surface area contributed by atoms with Crippen LogP contribution in [-0.2, 0) is 20.7 Å². The van der Waals surface area contributed by atoms with Crippen LogP contribution in [0.15, 0.2) is 10.5 Å². The van der Waals surface area contributed by atoms with Crippen molar-refractivity contribution in [2.75, 3.05) is 20.7 Å². The predicted molar refractivity (Wildman–Crippen MR) is 101 cm³/mol. The molecule has 2 rings (SSSR count). The van der Waals surface area contributed by atoms with Gasteiger partial charge >= 0.3 is 6.09 Å². The van der Waals surface area contributed by atoms with Gasteiger partial charge in [0.25, 0.3) is 5.91 Å². The van der Waals surface area contributed by atoms with Gasteiger partial charge in [0.2, 0.25) is 5.91 Å². The Labute approximate surface area is 166 Å². The lowest BCUT2D eigenvalue weighted by atomic mass is 9.99. The second-order valence-corrected chi connectivity index (χ2v) is 7.43. The largest absolute Gasteiger partial charge is 0.504 e. The van der Waals surface area contributed by atoms with Crippen molar-refractivity contribution < 1.29 is 29.0 Å². The van der Waals surface area contributed by atoms with Gasteiger partial charge in [-0.1, -0.05) is 15.9 Å². The van der Waals surface area contributed by atoms with Crippen LogP contribution in [0.5, 0.6) is 11.5 Å². The minimum absolute atomic E-state index is 0.0289. The maximum atomic E-state index is 12.7. The summed E-state index contributed by atoms with van der Waals surface area (Å²) in [7, 11) is 2.94. The summed E-state index contributed by atoms with van der Waals surface area (Å²) in [6.07, 6.45) is -1.26. The van der Waals surface area contributed by atoms with E-state index in [-0.39, 0.29) is 24.6 Å². The maximum Gasteiger partial charge on any atom is 0.417 e. The minimum Gasteiger partial charge on any atom is -0.504 e. The highest BCUT2D eigenvalue weighted by molar-refractivity contribution is 9.10. The first-order valence-electron chi connectivity index (χ1n) is 8.41. The number of imide groups is 1. The molecular formula is C18H23BrN2O6. The van der Waals surface area contributed by atoms with Crippen LogP contribution in [0.3, 0.4) is 0 Å². The minimum atomic E-state index is -1.06. The molecule has 1 aromatic rings. The summed E-state index contributed by atoms with van der Waals surface area (Å²) in [6, 6.07) is 0.389. The molecule has 1 aromatic carbocycles. The van der Waals surface area contributed by atoms with E-state index >= 15 is 0 Å². The Bertz CT molecular complexity index is 780. The number of nitrogens with zero attached hydrogens (tertiary/aromatic N) is 2. The molecule has 8 nitrogen and oxygen atoms in total. The van der Waals surface area contributed by atoms with E-state index in [2.05, 4.69) is 15.9 Å². The number of likely N-dealkylation sites (N-methyl/N-ethyl adjacent to an activating group) is 1. The molecule has 27 heavy (non-hydrogen) atoms. The van der Waals surface area contributed by atoms with Gasteiger partial charge in [0.1, 0.15) is 12.6 Å². The number of phenols is 1. The molecule has 1 heterocycles. The van der Waals surface area contributed by atoms with E-state index in [9.17, 15) is 19.5 Å². The molecule has 0 bridgehead atoms. The van der Waals surface area contributed by atoms with E-state index in [0.29, 0.717) is 21.3 Å². The Kier molecular flexibility index (Phi) is 6.35. The fraction of sp³-hybridized carbons (Fsp3) is 0.500. The fourth-order valence-electron chi connectivity index (χ4n) is 3.00. The number of benzene rings is 1. The van der Waals surface area contributed by atoms with E-state index < -0.39 is 24.1 Å². The number of ether oxygens (including phenoxy) is 2. The van der Waals surface area contributed by atoms with Crippen LogP contribution in [0, 0.1) is 6.92 Å². The summed E-state index contributed by atoms with van der Waals surface area (Å²) in [4.78, 5) is 39.7. The Morgan fingerprint density at radius 2 is 2.04 bits per heavy atom. The van der Waals surface area contributed by atoms with Crippen molar-refractivity contribution in [3.8, 4) is 11.5 Å². The number of hydrogen-bond acceptors (Lipinski definition) is 6. The maximum absolute atomic E-state index is 12.7. The molecule has 9 heteroatoms. The summed E-state index contributed by atoms with van der Waals surface area (Å²) in [5.74, 6) is -0.675. The Balaban J connectivity index is 2.44. The van der Waals surface area contributed by atoms with Crippen LogP contribution < -0.4 is 4.74 Å². The highest BCUT2D eigenvalue weighted by atomic mass is 79.9. The molecule has 1 aliphatic rings.